The van der Waals surface area contributed by atoms with Crippen LogP contribution in [0, 0.1) is 11.7 Å². The van der Waals surface area contributed by atoms with Gasteiger partial charge < -0.3 is 20.1 Å². The highest BCUT2D eigenvalue weighted by molar-refractivity contribution is 5.93. The number of hydrogen-bond donors (Lipinski definition) is 1. The number of nitrogen functional groups attached to an aromatic ring is 1. The number of carbonyl (C=O) groups excluding carboxylic acids is 1. The van der Waals surface area contributed by atoms with E-state index in [0.717, 1.165) is 0 Å². The molecule has 178 valence electrons. The van der Waals surface area contributed by atoms with Crippen LogP contribution in [0.2, 0.25) is 0 Å². The van der Waals surface area contributed by atoms with Gasteiger partial charge >= 0.3 is 6.61 Å². The number of carbonyl (C=O) groups is 1. The summed E-state index contributed by atoms with van der Waals surface area (Å²) in [7, 11) is 3.07. The fourth-order valence-electron chi connectivity index (χ4n) is 4.01. The van der Waals surface area contributed by atoms with Gasteiger partial charge in [0, 0.05) is 37.4 Å². The normalized spacial score (nSPS) is 18.1. The van der Waals surface area contributed by atoms with E-state index in [9.17, 15) is 18.0 Å². The number of methoxy groups -OCH3 is 1. The number of nitrogens with two attached hydrogens (primary N) is 1. The standard InChI is InChI=1S/C21H25F3N6O3/c1-29(19(31)11-7-12(8-11)33-20(23)24)6-4-3-5-17-27-18-13-9-14(22)16(32-2)10-15(13)26-21(25)30(18)28-17/h9-12,20H,3-8H2,1-2H3,(H2,25,26). The molecule has 0 saturated heterocycles. The van der Waals surface area contributed by atoms with Crippen LogP contribution in [0.3, 0.4) is 0 Å². The molecule has 0 bridgehead atoms. The molecule has 4 rings (SSSR count). The number of anilines is 1. The lowest BCUT2D eigenvalue weighted by atomic mass is 9.81. The number of aromatic nitrogens is 4. The maximum atomic E-state index is 14.2. The Morgan fingerprint density at radius 1 is 1.30 bits per heavy atom. The molecular formula is C21H25F3N6O3. The third-order valence-corrected chi connectivity index (χ3v) is 5.87. The highest BCUT2D eigenvalue weighted by Crippen LogP contribution is 2.32. The summed E-state index contributed by atoms with van der Waals surface area (Å²) in [5.41, 5.74) is 6.86. The van der Waals surface area contributed by atoms with E-state index in [4.69, 9.17) is 10.5 Å². The van der Waals surface area contributed by atoms with E-state index in [0.29, 0.717) is 61.0 Å². The Hall–Kier alpha value is -3.15. The first kappa shape index (κ1) is 23.0. The second kappa shape index (κ2) is 9.38. The van der Waals surface area contributed by atoms with E-state index in [1.807, 2.05) is 0 Å². The summed E-state index contributed by atoms with van der Waals surface area (Å²) < 4.78 is 49.4. The van der Waals surface area contributed by atoms with Gasteiger partial charge in [-0.05, 0) is 31.7 Å². The molecular weight excluding hydrogens is 441 g/mol. The van der Waals surface area contributed by atoms with Gasteiger partial charge in [-0.2, -0.15) is 13.3 Å². The first-order chi connectivity index (χ1) is 15.8. The molecule has 2 N–H and O–H groups in total. The number of halogens is 3. The molecule has 0 aliphatic heterocycles. The molecule has 1 aliphatic rings. The maximum absolute atomic E-state index is 14.2. The zero-order valence-corrected chi connectivity index (χ0v) is 18.3. The summed E-state index contributed by atoms with van der Waals surface area (Å²) in [6.07, 6.45) is 2.08. The van der Waals surface area contributed by atoms with Crippen molar-refractivity contribution in [3.63, 3.8) is 0 Å². The molecule has 1 fully saturated rings. The Morgan fingerprint density at radius 2 is 2.06 bits per heavy atom. The molecule has 0 spiro atoms. The van der Waals surface area contributed by atoms with Gasteiger partial charge in [0.05, 0.1) is 18.7 Å². The van der Waals surface area contributed by atoms with Gasteiger partial charge in [-0.15, -0.1) is 5.10 Å². The van der Waals surface area contributed by atoms with Crippen LogP contribution in [-0.4, -0.2) is 63.8 Å². The number of hydrogen-bond acceptors (Lipinski definition) is 7. The molecule has 0 unspecified atom stereocenters. The number of amides is 1. The monoisotopic (exact) mass is 466 g/mol. The zero-order chi connectivity index (χ0) is 23.7. The van der Waals surface area contributed by atoms with Crippen LogP contribution in [0.15, 0.2) is 12.1 Å². The van der Waals surface area contributed by atoms with Crippen molar-refractivity contribution in [3.8, 4) is 5.75 Å². The van der Waals surface area contributed by atoms with Gasteiger partial charge in [0.15, 0.2) is 23.0 Å². The minimum atomic E-state index is -2.80. The molecule has 2 heterocycles. The van der Waals surface area contributed by atoms with Crippen LogP contribution in [0.5, 0.6) is 5.75 Å². The largest absolute Gasteiger partial charge is 0.494 e. The van der Waals surface area contributed by atoms with Crippen LogP contribution < -0.4 is 10.5 Å². The van der Waals surface area contributed by atoms with Gasteiger partial charge in [0.1, 0.15) is 0 Å². The molecule has 1 aliphatic carbocycles. The molecule has 3 aromatic rings. The molecule has 0 radical (unpaired) electrons. The molecule has 33 heavy (non-hydrogen) atoms. The Bertz CT molecular complexity index is 1170. The molecule has 0 atom stereocenters. The lowest BCUT2D eigenvalue weighted by molar-refractivity contribution is -0.194. The van der Waals surface area contributed by atoms with Crippen LogP contribution >= 0.6 is 0 Å². The number of unbranched alkanes of at least 4 members (excludes halogenated alkanes) is 1. The average Bonchev–Trinajstić information content (AvgIpc) is 3.18. The van der Waals surface area contributed by atoms with Crippen molar-refractivity contribution in [1.29, 1.82) is 0 Å². The first-order valence-electron chi connectivity index (χ1n) is 10.6. The average molecular weight is 466 g/mol. The van der Waals surface area contributed by atoms with Gasteiger partial charge in [-0.25, -0.2) is 14.4 Å². The van der Waals surface area contributed by atoms with E-state index >= 15 is 0 Å². The van der Waals surface area contributed by atoms with E-state index < -0.39 is 18.5 Å². The number of fused-ring (bicyclic) bond motifs is 3. The molecule has 1 aromatic carbocycles. The highest BCUT2D eigenvalue weighted by atomic mass is 19.3. The number of nitrogens with zero attached hydrogens (tertiary/aromatic N) is 5. The van der Waals surface area contributed by atoms with E-state index in [-0.39, 0.29) is 23.5 Å². The minimum absolute atomic E-state index is 0.0576. The number of benzene rings is 1. The third-order valence-electron chi connectivity index (χ3n) is 5.87. The highest BCUT2D eigenvalue weighted by Gasteiger charge is 2.38. The summed E-state index contributed by atoms with van der Waals surface area (Å²) in [5, 5.41) is 4.85. The predicted molar refractivity (Wildman–Crippen MR) is 113 cm³/mol. The summed E-state index contributed by atoms with van der Waals surface area (Å²) in [4.78, 5) is 22.7. The van der Waals surface area contributed by atoms with Gasteiger partial charge in [0.2, 0.25) is 11.9 Å². The van der Waals surface area contributed by atoms with Crippen molar-refractivity contribution in [2.45, 2.75) is 44.8 Å². The van der Waals surface area contributed by atoms with Gasteiger partial charge in [-0.3, -0.25) is 4.79 Å². The number of alkyl halides is 2. The zero-order valence-electron chi connectivity index (χ0n) is 18.3. The number of ether oxygens (including phenoxy) is 2. The molecule has 1 amide bonds. The van der Waals surface area contributed by atoms with Gasteiger partial charge in [0.25, 0.3) is 0 Å². The minimum Gasteiger partial charge on any atom is -0.494 e. The Kier molecular flexibility index (Phi) is 6.54. The van der Waals surface area contributed by atoms with Crippen molar-refractivity contribution in [2.75, 3.05) is 26.4 Å². The van der Waals surface area contributed by atoms with E-state index in [1.54, 1.807) is 11.9 Å². The predicted octanol–water partition coefficient (Wildman–Crippen LogP) is 2.81. The van der Waals surface area contributed by atoms with Crippen molar-refractivity contribution in [1.82, 2.24) is 24.5 Å². The summed E-state index contributed by atoms with van der Waals surface area (Å²) in [5.74, 6) is -0.123. The van der Waals surface area contributed by atoms with Crippen molar-refractivity contribution in [2.24, 2.45) is 5.92 Å². The second-order valence-electron chi connectivity index (χ2n) is 8.14. The topological polar surface area (TPSA) is 108 Å². The summed E-state index contributed by atoms with van der Waals surface area (Å²) >= 11 is 0. The summed E-state index contributed by atoms with van der Waals surface area (Å²) in [6.45, 7) is -2.27. The van der Waals surface area contributed by atoms with Crippen LogP contribution in [0.4, 0.5) is 19.1 Å². The van der Waals surface area contributed by atoms with Crippen LogP contribution in [0.1, 0.15) is 31.5 Å². The summed E-state index contributed by atoms with van der Waals surface area (Å²) in [6, 6.07) is 2.76. The SMILES string of the molecule is COc1cc2nc(N)n3nc(CCCCN(C)C(=O)C4CC(OC(F)F)C4)nc3c2cc1F. The quantitative estimate of drug-likeness (QED) is 0.483. The first-order valence-corrected chi connectivity index (χ1v) is 10.6. The van der Waals surface area contributed by atoms with Crippen molar-refractivity contribution < 1.29 is 27.4 Å². The van der Waals surface area contributed by atoms with Gasteiger partial charge in [-0.1, -0.05) is 0 Å². The molecule has 12 heteroatoms. The van der Waals surface area contributed by atoms with Crippen LogP contribution in [-0.2, 0) is 16.0 Å². The molecule has 1 saturated carbocycles. The number of aryl methyl sites for hydroxylation is 1. The fourth-order valence-corrected chi connectivity index (χ4v) is 4.01. The maximum Gasteiger partial charge on any atom is 0.345 e. The lowest BCUT2D eigenvalue weighted by Gasteiger charge is -2.36. The molecule has 2 aromatic heterocycles. The Labute approximate surface area is 187 Å². The Morgan fingerprint density at radius 3 is 2.76 bits per heavy atom. The third kappa shape index (κ3) is 4.80. The fraction of sp³-hybridized carbons (Fsp3) is 0.524. The second-order valence-corrected chi connectivity index (χ2v) is 8.14. The number of rotatable bonds is 9. The van der Waals surface area contributed by atoms with E-state index in [1.165, 1.54) is 23.8 Å². The van der Waals surface area contributed by atoms with Crippen molar-refractivity contribution in [3.05, 3.63) is 23.8 Å². The lowest BCUT2D eigenvalue weighted by Crippen LogP contribution is -2.43. The molecule has 9 nitrogen and oxygen atoms in total. The Balaban J connectivity index is 1.33. The van der Waals surface area contributed by atoms with E-state index in [2.05, 4.69) is 19.8 Å². The smallest absolute Gasteiger partial charge is 0.345 e. The van der Waals surface area contributed by atoms with Crippen LogP contribution in [0.25, 0.3) is 16.6 Å². The van der Waals surface area contributed by atoms with Crippen molar-refractivity contribution >= 4 is 28.4 Å².